The van der Waals surface area contributed by atoms with Gasteiger partial charge in [-0.25, -0.2) is 4.79 Å². The second kappa shape index (κ2) is 6.95. The lowest BCUT2D eigenvalue weighted by atomic mass is 10.1. The van der Waals surface area contributed by atoms with Crippen molar-refractivity contribution in [2.24, 2.45) is 0 Å². The summed E-state index contributed by atoms with van der Waals surface area (Å²) < 4.78 is 59.0. The van der Waals surface area contributed by atoms with Crippen molar-refractivity contribution in [3.8, 4) is 0 Å². The highest BCUT2D eigenvalue weighted by atomic mass is 32.2. The molecule has 0 aliphatic rings. The zero-order chi connectivity index (χ0) is 16.1. The van der Waals surface area contributed by atoms with Gasteiger partial charge in [0.15, 0.2) is 6.61 Å². The van der Waals surface area contributed by atoms with Crippen LogP contribution in [0.3, 0.4) is 0 Å². The maximum atomic E-state index is 12.9. The Morgan fingerprint density at radius 3 is 2.33 bits per heavy atom. The third-order valence-electron chi connectivity index (χ3n) is 2.76. The molecular formula is C13H16F2O5S. The van der Waals surface area contributed by atoms with Crippen LogP contribution in [0.1, 0.15) is 35.7 Å². The Bertz CT molecular complexity index is 581. The Kier molecular flexibility index (Phi) is 5.79. The molecule has 8 heteroatoms. The number of unbranched alkanes of at least 4 members (excludes halogenated alkanes) is 1. The molecule has 0 saturated carbocycles. The molecule has 0 saturated heterocycles. The molecular weight excluding hydrogens is 306 g/mol. The number of benzene rings is 1. The summed E-state index contributed by atoms with van der Waals surface area (Å²) in [4.78, 5) is 11.5. The Morgan fingerprint density at radius 2 is 1.86 bits per heavy atom. The molecule has 118 valence electrons. The van der Waals surface area contributed by atoms with Crippen LogP contribution in [0.4, 0.5) is 8.78 Å². The molecule has 0 aromatic heterocycles. The lowest BCUT2D eigenvalue weighted by Gasteiger charge is -2.13. The maximum absolute atomic E-state index is 12.9. The molecule has 0 aliphatic heterocycles. The van der Waals surface area contributed by atoms with Crippen LogP contribution < -0.4 is 0 Å². The SMILES string of the molecule is CCCCc1ccc(C(=O)OCC(F)(F)S(=O)(=O)O)cc1. The molecule has 0 unspecified atom stereocenters. The lowest BCUT2D eigenvalue weighted by molar-refractivity contribution is -0.00950. The first kappa shape index (κ1) is 17.5. The van der Waals surface area contributed by atoms with E-state index in [9.17, 15) is 22.0 Å². The van der Waals surface area contributed by atoms with E-state index in [2.05, 4.69) is 4.74 Å². The minimum Gasteiger partial charge on any atom is -0.454 e. The quantitative estimate of drug-likeness (QED) is 0.616. The van der Waals surface area contributed by atoms with Gasteiger partial charge in [0.1, 0.15) is 0 Å². The molecule has 0 fully saturated rings. The molecule has 0 amide bonds. The molecule has 0 radical (unpaired) electrons. The summed E-state index contributed by atoms with van der Waals surface area (Å²) in [6.45, 7) is 0.309. The summed E-state index contributed by atoms with van der Waals surface area (Å²) >= 11 is 0. The highest BCUT2D eigenvalue weighted by Gasteiger charge is 2.45. The highest BCUT2D eigenvalue weighted by molar-refractivity contribution is 7.86. The molecule has 0 spiro atoms. The van der Waals surface area contributed by atoms with E-state index in [-0.39, 0.29) is 5.56 Å². The normalized spacial score (nSPS) is 12.2. The molecule has 1 rings (SSSR count). The van der Waals surface area contributed by atoms with E-state index in [1.165, 1.54) is 12.1 Å². The Balaban J connectivity index is 2.64. The van der Waals surface area contributed by atoms with Gasteiger partial charge < -0.3 is 4.74 Å². The largest absolute Gasteiger partial charge is 0.454 e. The number of aryl methyl sites for hydroxylation is 1. The number of carbonyl (C=O) groups is 1. The highest BCUT2D eigenvalue weighted by Crippen LogP contribution is 2.21. The van der Waals surface area contributed by atoms with Crippen molar-refractivity contribution < 1.29 is 31.3 Å². The molecule has 0 heterocycles. The van der Waals surface area contributed by atoms with Crippen molar-refractivity contribution in [2.75, 3.05) is 6.61 Å². The zero-order valence-electron chi connectivity index (χ0n) is 11.4. The molecule has 21 heavy (non-hydrogen) atoms. The summed E-state index contributed by atoms with van der Waals surface area (Å²) in [5, 5.41) is -4.52. The number of rotatable bonds is 7. The van der Waals surface area contributed by atoms with Crippen LogP contribution in [0.15, 0.2) is 24.3 Å². The van der Waals surface area contributed by atoms with E-state index in [0.717, 1.165) is 24.8 Å². The zero-order valence-corrected chi connectivity index (χ0v) is 12.2. The second-order valence-electron chi connectivity index (χ2n) is 4.49. The van der Waals surface area contributed by atoms with E-state index in [1.54, 1.807) is 12.1 Å². The fraction of sp³-hybridized carbons (Fsp3) is 0.462. The van der Waals surface area contributed by atoms with Gasteiger partial charge in [-0.2, -0.15) is 17.2 Å². The van der Waals surface area contributed by atoms with Crippen molar-refractivity contribution in [1.82, 2.24) is 0 Å². The fourth-order valence-electron chi connectivity index (χ4n) is 1.50. The summed E-state index contributed by atoms with van der Waals surface area (Å²) in [5.41, 5.74) is 1.03. The average Bonchev–Trinajstić information content (AvgIpc) is 2.42. The summed E-state index contributed by atoms with van der Waals surface area (Å²) in [6.07, 6.45) is 2.85. The van der Waals surface area contributed by atoms with Gasteiger partial charge in [-0.1, -0.05) is 25.5 Å². The summed E-state index contributed by atoms with van der Waals surface area (Å²) in [7, 11) is -5.61. The molecule has 0 aliphatic carbocycles. The van der Waals surface area contributed by atoms with Gasteiger partial charge in [0.05, 0.1) is 5.56 Å². The molecule has 0 atom stereocenters. The van der Waals surface area contributed by atoms with Crippen LogP contribution in [0, 0.1) is 0 Å². The van der Waals surface area contributed by atoms with Crippen LogP contribution in [0.25, 0.3) is 0 Å². The number of carbonyl (C=O) groups excluding carboxylic acids is 1. The van der Waals surface area contributed by atoms with Crippen LogP contribution >= 0.6 is 0 Å². The van der Waals surface area contributed by atoms with Gasteiger partial charge in [-0.05, 0) is 30.5 Å². The monoisotopic (exact) mass is 322 g/mol. The van der Waals surface area contributed by atoms with E-state index in [4.69, 9.17) is 4.55 Å². The first-order valence-corrected chi connectivity index (χ1v) is 7.72. The van der Waals surface area contributed by atoms with E-state index in [1.807, 2.05) is 6.92 Å². The molecule has 1 aromatic carbocycles. The lowest BCUT2D eigenvalue weighted by Crippen LogP contribution is -2.34. The number of hydrogen-bond acceptors (Lipinski definition) is 4. The second-order valence-corrected chi connectivity index (χ2v) is 6.04. The number of hydrogen-bond donors (Lipinski definition) is 1. The Hall–Kier alpha value is -1.54. The maximum Gasteiger partial charge on any atom is 0.402 e. The average molecular weight is 322 g/mol. The first-order valence-electron chi connectivity index (χ1n) is 6.28. The molecule has 5 nitrogen and oxygen atoms in total. The Morgan fingerprint density at radius 1 is 1.29 bits per heavy atom. The van der Waals surface area contributed by atoms with Crippen molar-refractivity contribution >= 4 is 16.1 Å². The first-order chi connectivity index (χ1) is 9.67. The van der Waals surface area contributed by atoms with Gasteiger partial charge in [0.25, 0.3) is 0 Å². The van der Waals surface area contributed by atoms with Gasteiger partial charge in [0, 0.05) is 0 Å². The van der Waals surface area contributed by atoms with E-state index >= 15 is 0 Å². The van der Waals surface area contributed by atoms with Crippen LogP contribution in [0.2, 0.25) is 0 Å². The van der Waals surface area contributed by atoms with Gasteiger partial charge in [0.2, 0.25) is 0 Å². The predicted molar refractivity (Wildman–Crippen MR) is 71.8 cm³/mol. The van der Waals surface area contributed by atoms with Gasteiger partial charge in [-0.15, -0.1) is 0 Å². The molecule has 1 aromatic rings. The molecule has 0 bridgehead atoms. The van der Waals surface area contributed by atoms with Crippen LogP contribution in [-0.2, 0) is 21.3 Å². The number of ether oxygens (including phenoxy) is 1. The molecule has 1 N–H and O–H groups in total. The minimum absolute atomic E-state index is 0.0291. The van der Waals surface area contributed by atoms with Crippen molar-refractivity contribution in [2.45, 2.75) is 31.4 Å². The van der Waals surface area contributed by atoms with Crippen molar-refractivity contribution in [1.29, 1.82) is 0 Å². The standard InChI is InChI=1S/C13H16F2O5S/c1-2-3-4-10-5-7-11(8-6-10)12(16)20-9-13(14,15)21(17,18)19/h5-8H,2-4,9H2,1H3,(H,17,18,19). The Labute approximate surface area is 121 Å². The third-order valence-corrected chi connectivity index (χ3v) is 3.63. The van der Waals surface area contributed by atoms with Gasteiger partial charge in [-0.3, -0.25) is 4.55 Å². The van der Waals surface area contributed by atoms with Crippen LogP contribution in [0.5, 0.6) is 0 Å². The minimum atomic E-state index is -5.61. The fourth-order valence-corrected chi connectivity index (χ4v) is 1.70. The van der Waals surface area contributed by atoms with E-state index in [0.29, 0.717) is 0 Å². The smallest absolute Gasteiger partial charge is 0.402 e. The summed E-state index contributed by atoms with van der Waals surface area (Å²) in [5.74, 6) is -1.08. The predicted octanol–water partition coefficient (Wildman–Crippen LogP) is 2.67. The number of alkyl halides is 2. The van der Waals surface area contributed by atoms with Gasteiger partial charge >= 0.3 is 21.3 Å². The number of esters is 1. The van der Waals surface area contributed by atoms with Crippen LogP contribution in [-0.4, -0.2) is 30.8 Å². The third kappa shape index (κ3) is 5.05. The van der Waals surface area contributed by atoms with E-state index < -0.39 is 27.9 Å². The van der Waals surface area contributed by atoms with Crippen molar-refractivity contribution in [3.05, 3.63) is 35.4 Å². The summed E-state index contributed by atoms with van der Waals surface area (Å²) in [6, 6.07) is 6.18. The number of halogens is 2. The topological polar surface area (TPSA) is 80.7 Å². The van der Waals surface area contributed by atoms with Crippen molar-refractivity contribution in [3.63, 3.8) is 0 Å².